The molecule has 1 aliphatic heterocycles. The van der Waals surface area contributed by atoms with E-state index in [4.69, 9.17) is 56.7 Å². The van der Waals surface area contributed by atoms with Crippen LogP contribution in [0.3, 0.4) is 0 Å². The monoisotopic (exact) mass is 962 g/mol. The summed E-state index contributed by atoms with van der Waals surface area (Å²) in [5.74, 6) is -0.175. The van der Waals surface area contributed by atoms with Crippen molar-refractivity contribution in [1.82, 2.24) is 0 Å². The number of para-hydroxylation sites is 2. The fourth-order valence-electron chi connectivity index (χ4n) is 7.30. The van der Waals surface area contributed by atoms with Crippen molar-refractivity contribution >= 4 is 57.5 Å². The quantitative estimate of drug-likeness (QED) is 0.0395. The van der Waals surface area contributed by atoms with Crippen LogP contribution in [0.2, 0.25) is 10.0 Å². The number of nitrogens with one attached hydrogen (secondary N) is 2. The van der Waals surface area contributed by atoms with Crippen LogP contribution in [0.15, 0.2) is 133 Å². The zero-order valence-corrected chi connectivity index (χ0v) is 40.2. The molecule has 0 saturated carbocycles. The van der Waals surface area contributed by atoms with E-state index < -0.39 is 0 Å². The van der Waals surface area contributed by atoms with E-state index in [0.29, 0.717) is 91.8 Å². The van der Waals surface area contributed by atoms with Crippen LogP contribution in [0.4, 0.5) is 22.7 Å². The van der Waals surface area contributed by atoms with Crippen LogP contribution < -0.4 is 10.6 Å². The molecule has 7 rings (SSSR count). The van der Waals surface area contributed by atoms with E-state index in [1.807, 2.05) is 123 Å². The van der Waals surface area contributed by atoms with Gasteiger partial charge in [0.1, 0.15) is 0 Å². The average molecular weight is 964 g/mol. The predicted molar refractivity (Wildman–Crippen MR) is 269 cm³/mol. The van der Waals surface area contributed by atoms with Crippen molar-refractivity contribution in [1.29, 1.82) is 0 Å². The summed E-state index contributed by atoms with van der Waals surface area (Å²) in [6, 6.07) is 41.5. The van der Waals surface area contributed by atoms with Gasteiger partial charge in [0.15, 0.2) is 17.9 Å². The van der Waals surface area contributed by atoms with Crippen LogP contribution in [0.5, 0.6) is 0 Å². The van der Waals surface area contributed by atoms with Gasteiger partial charge < -0.3 is 44.2 Å². The number of hydrogen-bond donors (Lipinski definition) is 3. The molecule has 1 atom stereocenters. The Morgan fingerprint density at radius 1 is 0.559 bits per heavy atom. The van der Waals surface area contributed by atoms with Crippen LogP contribution in [-0.4, -0.2) is 82.4 Å². The highest BCUT2D eigenvalue weighted by molar-refractivity contribution is 6.36. The van der Waals surface area contributed by atoms with Gasteiger partial charge in [-0.3, -0.25) is 9.59 Å². The molecule has 1 heterocycles. The van der Waals surface area contributed by atoms with Gasteiger partial charge in [0.2, 0.25) is 0 Å². The SMILES string of the molecule is Cc1ccccc1C(=O)c1ccc(Nc2ccccc2COCCOCCO)cc1Cl.Cc1ccccc1C(=O)c1ccc(Nc2ccccc2COCCOCCOC2CCCCO2)cc1Cl. The van der Waals surface area contributed by atoms with Crippen molar-refractivity contribution in [2.75, 3.05) is 70.1 Å². The molecule has 6 aromatic carbocycles. The van der Waals surface area contributed by atoms with Crippen LogP contribution >= 0.6 is 23.2 Å². The zero-order chi connectivity index (χ0) is 47.9. The minimum Gasteiger partial charge on any atom is -0.394 e. The van der Waals surface area contributed by atoms with E-state index in [9.17, 15) is 9.59 Å². The van der Waals surface area contributed by atoms with Crippen molar-refractivity contribution in [3.8, 4) is 0 Å². The maximum atomic E-state index is 13.0. The number of anilines is 4. The number of aliphatic hydroxyl groups is 1. The van der Waals surface area contributed by atoms with E-state index >= 15 is 0 Å². The van der Waals surface area contributed by atoms with Gasteiger partial charge in [0.25, 0.3) is 0 Å². The molecule has 6 aromatic rings. The van der Waals surface area contributed by atoms with E-state index in [2.05, 4.69) is 10.6 Å². The number of carbonyl (C=O) groups is 2. The highest BCUT2D eigenvalue weighted by atomic mass is 35.5. The lowest BCUT2D eigenvalue weighted by Crippen LogP contribution is -2.24. The Bertz CT molecular complexity index is 2530. The standard InChI is InChI=1S/C30H34ClNO5.C25H26ClNO4/c1-22-8-2-4-10-25(22)30(33)26-14-13-24(20-27(26)31)32-28-11-5-3-9-23(28)21-35-17-16-34-18-19-37-29-12-6-7-15-36-29;1-18-6-2-4-8-21(18)25(29)22-11-10-20(16-23(22)26)27-24-9-5-3-7-19(24)17-31-15-14-30-13-12-28/h2-5,8-11,13-14,20,29,32H,6-7,12,15-19,21H2,1H3;2-11,16,27-28H,12-15,17H2,1H3. The van der Waals surface area contributed by atoms with E-state index in [-0.39, 0.29) is 24.5 Å². The smallest absolute Gasteiger partial charge is 0.194 e. The van der Waals surface area contributed by atoms with E-state index in [0.717, 1.165) is 70.9 Å². The minimum absolute atomic E-state index is 0.00462. The van der Waals surface area contributed by atoms with Crippen LogP contribution in [0.25, 0.3) is 0 Å². The van der Waals surface area contributed by atoms with Crippen molar-refractivity contribution < 1.29 is 43.1 Å². The lowest BCUT2D eigenvalue weighted by Gasteiger charge is -2.22. The summed E-state index contributed by atoms with van der Waals surface area (Å²) in [5, 5.41) is 16.3. The minimum atomic E-state index is -0.0909. The third-order valence-corrected chi connectivity index (χ3v) is 11.6. The molecule has 358 valence electrons. The molecule has 1 fully saturated rings. The van der Waals surface area contributed by atoms with Gasteiger partial charge >= 0.3 is 0 Å². The van der Waals surface area contributed by atoms with Gasteiger partial charge in [0, 0.05) is 62.7 Å². The molecule has 1 saturated heterocycles. The van der Waals surface area contributed by atoms with E-state index in [1.54, 1.807) is 24.3 Å². The largest absolute Gasteiger partial charge is 0.394 e. The van der Waals surface area contributed by atoms with Gasteiger partial charge in [-0.15, -0.1) is 0 Å². The fraction of sp³-hybridized carbons (Fsp3) is 0.309. The van der Waals surface area contributed by atoms with Gasteiger partial charge in [-0.1, -0.05) is 108 Å². The second-order valence-corrected chi connectivity index (χ2v) is 16.8. The first kappa shape index (κ1) is 51.9. The number of aliphatic hydroxyl groups excluding tert-OH is 1. The molecule has 0 aliphatic carbocycles. The van der Waals surface area contributed by atoms with Crippen molar-refractivity contribution in [2.45, 2.75) is 52.6 Å². The summed E-state index contributed by atoms with van der Waals surface area (Å²) in [5.41, 5.74) is 9.49. The molecule has 1 aliphatic rings. The third kappa shape index (κ3) is 16.1. The summed E-state index contributed by atoms with van der Waals surface area (Å²) >= 11 is 13.0. The molecule has 0 bridgehead atoms. The predicted octanol–water partition coefficient (Wildman–Crippen LogP) is 11.8. The molecule has 1 unspecified atom stereocenters. The Morgan fingerprint density at radius 3 is 1.49 bits per heavy atom. The second kappa shape index (κ2) is 28.1. The molecule has 0 amide bonds. The maximum absolute atomic E-state index is 13.0. The number of rotatable bonds is 24. The average Bonchev–Trinajstić information content (AvgIpc) is 3.35. The van der Waals surface area contributed by atoms with Crippen LogP contribution in [0.1, 0.15) is 73.4 Å². The molecule has 13 heteroatoms. The van der Waals surface area contributed by atoms with Gasteiger partial charge in [0.05, 0.1) is 76.1 Å². The zero-order valence-electron chi connectivity index (χ0n) is 38.6. The maximum Gasteiger partial charge on any atom is 0.194 e. The van der Waals surface area contributed by atoms with Crippen LogP contribution in [0, 0.1) is 13.8 Å². The molecular weight excluding hydrogens is 904 g/mol. The van der Waals surface area contributed by atoms with E-state index in [1.165, 1.54) is 0 Å². The number of halogens is 2. The van der Waals surface area contributed by atoms with Crippen molar-refractivity contribution in [3.05, 3.63) is 188 Å². The highest BCUT2D eigenvalue weighted by Crippen LogP contribution is 2.30. The molecule has 68 heavy (non-hydrogen) atoms. The summed E-state index contributed by atoms with van der Waals surface area (Å²) in [6.45, 7) is 8.68. The van der Waals surface area contributed by atoms with Gasteiger partial charge in [-0.2, -0.15) is 0 Å². The summed E-state index contributed by atoms with van der Waals surface area (Å²) < 4.78 is 33.5. The number of carbonyl (C=O) groups excluding carboxylic acids is 2. The number of ketones is 2. The first-order chi connectivity index (χ1) is 33.2. The summed E-state index contributed by atoms with van der Waals surface area (Å²) in [6.07, 6.45) is 3.14. The Kier molecular flexibility index (Phi) is 21.5. The highest BCUT2D eigenvalue weighted by Gasteiger charge is 2.18. The number of aryl methyl sites for hydroxylation is 2. The fourth-order valence-corrected chi connectivity index (χ4v) is 7.83. The van der Waals surface area contributed by atoms with Crippen molar-refractivity contribution in [2.24, 2.45) is 0 Å². The molecule has 0 radical (unpaired) electrons. The topological polar surface area (TPSA) is 134 Å². The number of benzene rings is 6. The lowest BCUT2D eigenvalue weighted by molar-refractivity contribution is -0.169. The van der Waals surface area contributed by atoms with Crippen molar-refractivity contribution in [3.63, 3.8) is 0 Å². The summed E-state index contributed by atoms with van der Waals surface area (Å²) in [7, 11) is 0. The number of hydrogen-bond acceptors (Lipinski definition) is 11. The number of ether oxygens (including phenoxy) is 6. The normalized spacial score (nSPS) is 13.3. The molecular formula is C55H60Cl2N2O9. The molecule has 0 aromatic heterocycles. The lowest BCUT2D eigenvalue weighted by atomic mass is 9.99. The van der Waals surface area contributed by atoms with Gasteiger partial charge in [-0.25, -0.2) is 0 Å². The molecule has 3 N–H and O–H groups in total. The second-order valence-electron chi connectivity index (χ2n) is 16.0. The first-order valence-electron chi connectivity index (χ1n) is 22.9. The Hall–Kier alpha value is -5.44. The van der Waals surface area contributed by atoms with Crippen LogP contribution in [-0.2, 0) is 41.6 Å². The first-order valence-corrected chi connectivity index (χ1v) is 23.6. The summed E-state index contributed by atoms with van der Waals surface area (Å²) in [4.78, 5) is 25.8. The van der Waals surface area contributed by atoms with Gasteiger partial charge in [-0.05, 0) is 92.8 Å². The Morgan fingerprint density at radius 2 is 1.01 bits per heavy atom. The molecule has 0 spiro atoms. The Balaban J connectivity index is 0.000000228. The Labute approximate surface area is 409 Å². The molecule has 11 nitrogen and oxygen atoms in total. The third-order valence-electron chi connectivity index (χ3n) is 11.0.